The lowest BCUT2D eigenvalue weighted by atomic mass is 9.59. The summed E-state index contributed by atoms with van der Waals surface area (Å²) >= 11 is 0. The fourth-order valence-corrected chi connectivity index (χ4v) is 6.63. The molecule has 1 N–H and O–H groups in total. The van der Waals surface area contributed by atoms with E-state index >= 15 is 0 Å². The van der Waals surface area contributed by atoms with Crippen LogP contribution in [0.4, 0.5) is 11.4 Å². The molecule has 1 saturated heterocycles. The van der Waals surface area contributed by atoms with Crippen LogP contribution < -0.4 is 9.64 Å². The van der Waals surface area contributed by atoms with E-state index in [4.69, 9.17) is 4.74 Å². The number of nitro benzene ring substituents is 1. The predicted octanol–water partition coefficient (Wildman–Crippen LogP) is 3.94. The smallest absolute Gasteiger partial charge is 0.271 e. The number of imide groups is 1. The van der Waals surface area contributed by atoms with Crippen molar-refractivity contribution in [3.63, 3.8) is 0 Å². The van der Waals surface area contributed by atoms with Crippen molar-refractivity contribution in [1.29, 1.82) is 0 Å². The summed E-state index contributed by atoms with van der Waals surface area (Å²) in [5.41, 5.74) is 1.72. The lowest BCUT2D eigenvalue weighted by molar-refractivity contribution is -0.384. The molecule has 6 rings (SSSR count). The van der Waals surface area contributed by atoms with Gasteiger partial charge in [-0.1, -0.05) is 17.7 Å². The molecule has 1 heterocycles. The Morgan fingerprint density at radius 2 is 1.82 bits per heavy atom. The number of fused-ring (bicyclic) bond motifs is 3. The number of nitro groups is 1. The first-order valence-electron chi connectivity index (χ1n) is 12.8. The summed E-state index contributed by atoms with van der Waals surface area (Å²) in [6, 6.07) is 10.0. The number of phenolic OH excluding ortho intramolecular Hbond substituents is 1. The summed E-state index contributed by atoms with van der Waals surface area (Å²) in [5, 5.41) is 22.3. The molecule has 4 atom stereocenters. The van der Waals surface area contributed by atoms with E-state index < -0.39 is 40.4 Å². The Labute approximate surface area is 228 Å². The molecular weight excluding hydrogens is 516 g/mol. The van der Waals surface area contributed by atoms with Crippen LogP contribution >= 0.6 is 0 Å². The maximum absolute atomic E-state index is 13.9. The number of carbonyl (C=O) groups is 4. The molecule has 0 unspecified atom stereocenters. The second-order valence-corrected chi connectivity index (χ2v) is 10.4. The number of carbonyl (C=O) groups excluding carboxylic acids is 4. The number of anilines is 1. The van der Waals surface area contributed by atoms with E-state index in [9.17, 15) is 34.4 Å². The first kappa shape index (κ1) is 25.4. The minimum atomic E-state index is -0.842. The number of hydrogen-bond donors (Lipinski definition) is 1. The Bertz CT molecular complexity index is 1650. The zero-order valence-corrected chi connectivity index (χ0v) is 21.6. The number of amides is 2. The summed E-state index contributed by atoms with van der Waals surface area (Å²) < 4.78 is 5.36. The van der Waals surface area contributed by atoms with E-state index in [2.05, 4.69) is 0 Å². The van der Waals surface area contributed by atoms with Crippen LogP contribution in [0.2, 0.25) is 0 Å². The first-order valence-corrected chi connectivity index (χ1v) is 12.8. The number of phenols is 1. The molecule has 0 radical (unpaired) electrons. The number of ketones is 2. The highest BCUT2D eigenvalue weighted by atomic mass is 16.6. The van der Waals surface area contributed by atoms with Gasteiger partial charge in [0, 0.05) is 40.3 Å². The molecule has 0 spiro atoms. The van der Waals surface area contributed by atoms with Crippen LogP contribution in [-0.4, -0.2) is 40.5 Å². The van der Waals surface area contributed by atoms with Crippen molar-refractivity contribution in [2.45, 2.75) is 25.7 Å². The van der Waals surface area contributed by atoms with E-state index in [1.165, 1.54) is 43.5 Å². The number of methoxy groups -OCH3 is 1. The van der Waals surface area contributed by atoms with Crippen LogP contribution in [0.15, 0.2) is 76.9 Å². The van der Waals surface area contributed by atoms with E-state index in [0.717, 1.165) is 4.90 Å². The molecule has 2 aromatic rings. The van der Waals surface area contributed by atoms with Gasteiger partial charge in [-0.2, -0.15) is 0 Å². The summed E-state index contributed by atoms with van der Waals surface area (Å²) in [7, 11) is 1.47. The van der Waals surface area contributed by atoms with Gasteiger partial charge >= 0.3 is 0 Å². The summed E-state index contributed by atoms with van der Waals surface area (Å²) in [5.74, 6) is -4.27. The highest BCUT2D eigenvalue weighted by molar-refractivity contribution is 6.25. The summed E-state index contributed by atoms with van der Waals surface area (Å²) in [6.45, 7) is 1.56. The van der Waals surface area contributed by atoms with Gasteiger partial charge in [-0.25, -0.2) is 4.90 Å². The van der Waals surface area contributed by atoms with Crippen molar-refractivity contribution in [3.8, 4) is 11.5 Å². The summed E-state index contributed by atoms with van der Waals surface area (Å²) in [6.07, 6.45) is 3.42. The third-order valence-corrected chi connectivity index (χ3v) is 8.41. The van der Waals surface area contributed by atoms with Crippen LogP contribution in [0.25, 0.3) is 0 Å². The SMILES string of the molecule is COc1ccc(O)c([C@H]2C3=CC[C@@H]4C(=O)N(c5cccc([N+](=O)[O-])c5)C(=O)[C@@H]4[C@@H]3CC3=C2C(=O)C=C(C)C3=O)c1. The van der Waals surface area contributed by atoms with Crippen molar-refractivity contribution >= 4 is 34.8 Å². The number of rotatable bonds is 4. The normalized spacial score (nSPS) is 25.7. The number of allylic oxidation sites excluding steroid dienone is 6. The van der Waals surface area contributed by atoms with Crippen LogP contribution in [-0.2, 0) is 19.2 Å². The van der Waals surface area contributed by atoms with Crippen LogP contribution in [0.5, 0.6) is 11.5 Å². The molecule has 0 bridgehead atoms. The van der Waals surface area contributed by atoms with Crippen LogP contribution in [0.3, 0.4) is 0 Å². The molecule has 2 aromatic carbocycles. The van der Waals surface area contributed by atoms with Gasteiger partial charge in [0.25, 0.3) is 5.69 Å². The average Bonchev–Trinajstić information content (AvgIpc) is 3.20. The largest absolute Gasteiger partial charge is 0.508 e. The number of Topliss-reactive ketones (excluding diaryl/α,β-unsaturated/α-hetero) is 1. The monoisotopic (exact) mass is 540 g/mol. The molecule has 2 amide bonds. The van der Waals surface area contributed by atoms with Gasteiger partial charge in [-0.05, 0) is 56.0 Å². The standard InChI is InChI=1S/C30H24N2O8/c1-14-10-24(34)27-22(28(14)35)13-20-18(25(27)21-12-17(40-2)6-9-23(21)33)7-8-19-26(20)30(37)31(29(19)36)15-4-3-5-16(11-15)32(38)39/h3-7,9-12,19-20,25-26,33H,8,13H2,1-2H3/t19-,20+,25+,26-/m0/s1. The second kappa shape index (κ2) is 9.11. The Kier molecular flexibility index (Phi) is 5.79. The number of benzene rings is 2. The second-order valence-electron chi connectivity index (χ2n) is 10.4. The summed E-state index contributed by atoms with van der Waals surface area (Å²) in [4.78, 5) is 66.0. The lowest BCUT2D eigenvalue weighted by Gasteiger charge is -2.42. The van der Waals surface area contributed by atoms with Gasteiger partial charge in [0.15, 0.2) is 11.6 Å². The van der Waals surface area contributed by atoms with Crippen LogP contribution in [0.1, 0.15) is 31.2 Å². The number of hydrogen-bond acceptors (Lipinski definition) is 8. The van der Waals surface area contributed by atoms with Crippen molar-refractivity contribution in [2.75, 3.05) is 12.0 Å². The molecule has 0 saturated carbocycles. The van der Waals surface area contributed by atoms with E-state index in [0.29, 0.717) is 16.9 Å². The third kappa shape index (κ3) is 3.63. The van der Waals surface area contributed by atoms with Gasteiger partial charge in [0.05, 0.1) is 29.6 Å². The topological polar surface area (TPSA) is 144 Å². The molecule has 1 fully saturated rings. The highest BCUT2D eigenvalue weighted by Crippen LogP contribution is 2.56. The van der Waals surface area contributed by atoms with Gasteiger partial charge in [-0.3, -0.25) is 29.3 Å². The van der Waals surface area contributed by atoms with E-state index in [1.807, 2.05) is 6.08 Å². The van der Waals surface area contributed by atoms with Crippen molar-refractivity contribution in [1.82, 2.24) is 0 Å². The average molecular weight is 541 g/mol. The lowest BCUT2D eigenvalue weighted by Crippen LogP contribution is -2.39. The molecule has 40 heavy (non-hydrogen) atoms. The zero-order chi connectivity index (χ0) is 28.5. The first-order chi connectivity index (χ1) is 19.1. The van der Waals surface area contributed by atoms with E-state index in [1.54, 1.807) is 19.1 Å². The number of non-ortho nitro benzene ring substituents is 1. The molecule has 1 aliphatic heterocycles. The fourth-order valence-electron chi connectivity index (χ4n) is 6.63. The third-order valence-electron chi connectivity index (χ3n) is 8.41. The molecule has 3 aliphatic carbocycles. The van der Waals surface area contributed by atoms with Gasteiger partial charge in [0.1, 0.15) is 11.5 Å². The van der Waals surface area contributed by atoms with E-state index in [-0.39, 0.29) is 58.3 Å². The fraction of sp³-hybridized carbons (Fsp3) is 0.267. The number of aromatic hydroxyl groups is 1. The quantitative estimate of drug-likeness (QED) is 0.202. The zero-order valence-electron chi connectivity index (χ0n) is 21.6. The maximum atomic E-state index is 13.9. The molecule has 202 valence electrons. The minimum Gasteiger partial charge on any atom is -0.508 e. The minimum absolute atomic E-state index is 0.0844. The molecule has 10 heteroatoms. The Morgan fingerprint density at radius 1 is 1.05 bits per heavy atom. The van der Waals surface area contributed by atoms with Gasteiger partial charge < -0.3 is 9.84 Å². The molecule has 10 nitrogen and oxygen atoms in total. The molecule has 0 aromatic heterocycles. The van der Waals surface area contributed by atoms with Gasteiger partial charge in [0.2, 0.25) is 11.8 Å². The number of nitrogens with zero attached hydrogens (tertiary/aromatic N) is 2. The Balaban J connectivity index is 1.49. The molecular formula is C30H24N2O8. The predicted molar refractivity (Wildman–Crippen MR) is 142 cm³/mol. The Morgan fingerprint density at radius 3 is 2.55 bits per heavy atom. The van der Waals surface area contributed by atoms with Crippen molar-refractivity contribution in [3.05, 3.63) is 92.6 Å². The molecule has 4 aliphatic rings. The number of ether oxygens (including phenoxy) is 1. The Hall–Kier alpha value is -4.86. The highest BCUT2D eigenvalue weighted by Gasteiger charge is 2.57. The van der Waals surface area contributed by atoms with Crippen molar-refractivity contribution in [2.24, 2.45) is 17.8 Å². The maximum Gasteiger partial charge on any atom is 0.271 e. The van der Waals surface area contributed by atoms with Crippen molar-refractivity contribution < 1.29 is 33.9 Å². The van der Waals surface area contributed by atoms with Gasteiger partial charge in [-0.15, -0.1) is 0 Å². The van der Waals surface area contributed by atoms with Crippen LogP contribution in [0, 0.1) is 27.9 Å².